The number of sulfonamides is 1. The summed E-state index contributed by atoms with van der Waals surface area (Å²) in [5.41, 5.74) is 0. The van der Waals surface area contributed by atoms with E-state index < -0.39 is 10.0 Å². The van der Waals surface area contributed by atoms with Crippen molar-refractivity contribution in [3.8, 4) is 0 Å². The van der Waals surface area contributed by atoms with Gasteiger partial charge in [-0.15, -0.1) is 0 Å². The predicted octanol–water partition coefficient (Wildman–Crippen LogP) is 0.376. The van der Waals surface area contributed by atoms with Crippen LogP contribution in [-0.4, -0.2) is 80.9 Å². The van der Waals surface area contributed by atoms with Crippen LogP contribution in [0.1, 0.15) is 17.5 Å². The molecule has 0 bridgehead atoms. The zero-order valence-corrected chi connectivity index (χ0v) is 17.6. The van der Waals surface area contributed by atoms with E-state index in [2.05, 4.69) is 24.9 Å². The Bertz CT molecular complexity index is 939. The van der Waals surface area contributed by atoms with Crippen LogP contribution < -0.4 is 10.0 Å². The number of aromatic nitrogens is 1. The first kappa shape index (κ1) is 21.8. The van der Waals surface area contributed by atoms with Crippen molar-refractivity contribution in [1.82, 2.24) is 24.8 Å². The second-order valence-electron chi connectivity index (χ2n) is 6.58. The Balaban J connectivity index is 1.52. The lowest BCUT2D eigenvalue weighted by Crippen LogP contribution is -2.53. The lowest BCUT2D eigenvalue weighted by Gasteiger charge is -2.36. The quantitative estimate of drug-likeness (QED) is 0.367. The Morgan fingerprint density at radius 1 is 1.20 bits per heavy atom. The first-order chi connectivity index (χ1) is 14.5. The van der Waals surface area contributed by atoms with Gasteiger partial charge >= 0.3 is 0 Å². The summed E-state index contributed by atoms with van der Waals surface area (Å²) < 4.78 is 32.2. The number of furan rings is 1. The summed E-state index contributed by atoms with van der Waals surface area (Å²) in [7, 11) is -3.60. The minimum absolute atomic E-state index is 0.119. The number of nitrogens with zero attached hydrogens (tertiary/aromatic N) is 4. The Kier molecular flexibility index (Phi) is 7.41. The van der Waals surface area contributed by atoms with Gasteiger partial charge in [-0.1, -0.05) is 0 Å². The summed E-state index contributed by atoms with van der Waals surface area (Å²) in [6.45, 7) is 5.47. The van der Waals surface area contributed by atoms with Crippen LogP contribution in [0.3, 0.4) is 0 Å². The summed E-state index contributed by atoms with van der Waals surface area (Å²) in [5.74, 6) is 0.916. The third-order valence-electron chi connectivity index (χ3n) is 4.54. The predicted molar refractivity (Wildman–Crippen MR) is 112 cm³/mol. The number of rotatable bonds is 7. The molecule has 162 valence electrons. The summed E-state index contributed by atoms with van der Waals surface area (Å²) >= 11 is 0. The van der Waals surface area contributed by atoms with Crippen molar-refractivity contribution in [2.75, 3.05) is 45.8 Å². The molecule has 2 aromatic rings. The highest BCUT2D eigenvalue weighted by molar-refractivity contribution is 7.89. The van der Waals surface area contributed by atoms with E-state index in [9.17, 15) is 13.2 Å². The van der Waals surface area contributed by atoms with Crippen molar-refractivity contribution < 1.29 is 17.6 Å². The van der Waals surface area contributed by atoms with E-state index in [0.717, 1.165) is 0 Å². The van der Waals surface area contributed by atoms with Gasteiger partial charge in [0.15, 0.2) is 11.7 Å². The molecule has 10 nitrogen and oxygen atoms in total. The highest BCUT2D eigenvalue weighted by atomic mass is 32.2. The van der Waals surface area contributed by atoms with Crippen molar-refractivity contribution >= 4 is 21.9 Å². The highest BCUT2D eigenvalue weighted by Crippen LogP contribution is 2.10. The molecule has 1 amide bonds. The van der Waals surface area contributed by atoms with E-state index in [1.54, 1.807) is 23.1 Å². The molecule has 3 heterocycles. The molecule has 1 saturated heterocycles. The van der Waals surface area contributed by atoms with Gasteiger partial charge < -0.3 is 19.5 Å². The second-order valence-corrected chi connectivity index (χ2v) is 8.35. The Labute approximate surface area is 176 Å². The molecule has 3 rings (SSSR count). The van der Waals surface area contributed by atoms with Crippen molar-refractivity contribution in [3.05, 3.63) is 48.7 Å². The fourth-order valence-corrected chi connectivity index (χ4v) is 4.02. The molecule has 0 unspecified atom stereocenters. The molecular formula is C19H26N6O4S. The number of pyridine rings is 1. The van der Waals surface area contributed by atoms with E-state index in [0.29, 0.717) is 44.4 Å². The summed E-state index contributed by atoms with van der Waals surface area (Å²) in [6, 6.07) is 6.42. The number of hydrogen-bond donors (Lipinski definition) is 2. The van der Waals surface area contributed by atoms with Crippen molar-refractivity contribution in [1.29, 1.82) is 0 Å². The number of amides is 1. The number of carbonyl (C=O) groups is 1. The fraction of sp³-hybridized carbons (Fsp3) is 0.421. The Morgan fingerprint density at radius 3 is 2.60 bits per heavy atom. The minimum Gasteiger partial charge on any atom is -0.459 e. The summed E-state index contributed by atoms with van der Waals surface area (Å²) in [4.78, 5) is 24.7. The minimum atomic E-state index is -3.60. The van der Waals surface area contributed by atoms with Gasteiger partial charge in [0.05, 0.1) is 12.8 Å². The topological polar surface area (TPSA) is 120 Å². The van der Waals surface area contributed by atoms with Crippen molar-refractivity contribution in [2.45, 2.75) is 11.8 Å². The van der Waals surface area contributed by atoms with Crippen LogP contribution in [0, 0.1) is 0 Å². The van der Waals surface area contributed by atoms with Gasteiger partial charge in [0, 0.05) is 51.7 Å². The van der Waals surface area contributed by atoms with Gasteiger partial charge in [-0.3, -0.25) is 14.8 Å². The van der Waals surface area contributed by atoms with Crippen LogP contribution >= 0.6 is 0 Å². The van der Waals surface area contributed by atoms with E-state index in [-0.39, 0.29) is 23.9 Å². The van der Waals surface area contributed by atoms with E-state index >= 15 is 0 Å². The largest absolute Gasteiger partial charge is 0.459 e. The molecule has 2 N–H and O–H groups in total. The van der Waals surface area contributed by atoms with E-state index in [4.69, 9.17) is 4.42 Å². The van der Waals surface area contributed by atoms with Crippen LogP contribution in [0.15, 0.2) is 57.2 Å². The third-order valence-corrected chi connectivity index (χ3v) is 5.99. The number of hydrogen-bond acceptors (Lipinski definition) is 6. The van der Waals surface area contributed by atoms with Gasteiger partial charge in [0.25, 0.3) is 5.91 Å². The fourth-order valence-electron chi connectivity index (χ4n) is 3.03. The molecule has 0 radical (unpaired) electrons. The standard InChI is InChI=1S/C19H26N6O4S/c1-2-21-19(22-8-9-23-30(27,28)16-5-3-7-20-15-16)25-12-10-24(11-13-25)18(26)17-6-4-14-29-17/h3-7,14-15,23H,2,8-13H2,1H3,(H,21,22). The lowest BCUT2D eigenvalue weighted by atomic mass is 10.3. The number of carbonyl (C=O) groups excluding carboxylic acids is 1. The molecule has 1 fully saturated rings. The number of nitrogens with one attached hydrogen (secondary N) is 2. The van der Waals surface area contributed by atoms with Crippen LogP contribution in [0.4, 0.5) is 0 Å². The number of aliphatic imine (C=N–C) groups is 1. The maximum absolute atomic E-state index is 12.4. The molecule has 0 spiro atoms. The molecule has 2 aromatic heterocycles. The molecule has 0 atom stereocenters. The van der Waals surface area contributed by atoms with Gasteiger partial charge in [-0.05, 0) is 31.2 Å². The average Bonchev–Trinajstić information content (AvgIpc) is 3.31. The van der Waals surface area contributed by atoms with E-state index in [1.165, 1.54) is 24.7 Å². The Hall–Kier alpha value is -2.92. The molecular weight excluding hydrogens is 408 g/mol. The first-order valence-corrected chi connectivity index (χ1v) is 11.3. The molecule has 0 saturated carbocycles. The number of piperazine rings is 1. The van der Waals surface area contributed by atoms with Gasteiger partial charge in [0.2, 0.25) is 10.0 Å². The normalized spacial score (nSPS) is 15.3. The molecule has 30 heavy (non-hydrogen) atoms. The van der Waals surface area contributed by atoms with E-state index in [1.807, 2.05) is 6.92 Å². The first-order valence-electron chi connectivity index (χ1n) is 9.77. The maximum Gasteiger partial charge on any atom is 0.289 e. The van der Waals surface area contributed by atoms with Crippen molar-refractivity contribution in [2.24, 2.45) is 4.99 Å². The molecule has 1 aliphatic heterocycles. The van der Waals surface area contributed by atoms with Crippen LogP contribution in [-0.2, 0) is 10.0 Å². The zero-order chi connectivity index (χ0) is 21.4. The molecule has 0 aromatic carbocycles. The third kappa shape index (κ3) is 5.57. The molecule has 0 aliphatic carbocycles. The van der Waals surface area contributed by atoms with Crippen LogP contribution in [0.2, 0.25) is 0 Å². The zero-order valence-electron chi connectivity index (χ0n) is 16.8. The molecule has 11 heteroatoms. The monoisotopic (exact) mass is 434 g/mol. The van der Waals surface area contributed by atoms with Crippen molar-refractivity contribution in [3.63, 3.8) is 0 Å². The average molecular weight is 435 g/mol. The second kappa shape index (κ2) is 10.2. The summed E-state index contributed by atoms with van der Waals surface area (Å²) in [6.07, 6.45) is 4.31. The smallest absolute Gasteiger partial charge is 0.289 e. The summed E-state index contributed by atoms with van der Waals surface area (Å²) in [5, 5.41) is 3.22. The van der Waals surface area contributed by atoms with Gasteiger partial charge in [-0.25, -0.2) is 13.1 Å². The van der Waals surface area contributed by atoms with Gasteiger partial charge in [-0.2, -0.15) is 0 Å². The lowest BCUT2D eigenvalue weighted by molar-refractivity contribution is 0.0657. The Morgan fingerprint density at radius 2 is 1.97 bits per heavy atom. The van der Waals surface area contributed by atoms with Crippen LogP contribution in [0.5, 0.6) is 0 Å². The number of guanidine groups is 1. The maximum atomic E-state index is 12.4. The van der Waals surface area contributed by atoms with Crippen LogP contribution in [0.25, 0.3) is 0 Å². The SMILES string of the molecule is CCNC(=NCCNS(=O)(=O)c1cccnc1)N1CCN(C(=O)c2ccco2)CC1. The van der Waals surface area contributed by atoms with Gasteiger partial charge in [0.1, 0.15) is 4.90 Å². The molecule has 1 aliphatic rings. The highest BCUT2D eigenvalue weighted by Gasteiger charge is 2.25.